The van der Waals surface area contributed by atoms with Gasteiger partial charge in [0.1, 0.15) is 0 Å². The topological polar surface area (TPSA) is 212 Å². The minimum absolute atomic E-state index is 0.156. The van der Waals surface area contributed by atoms with Crippen LogP contribution in [-0.4, -0.2) is 48.2 Å². The summed E-state index contributed by atoms with van der Waals surface area (Å²) in [6.07, 6.45) is 0. The van der Waals surface area contributed by atoms with Gasteiger partial charge in [0, 0.05) is 24.2 Å². The Morgan fingerprint density at radius 1 is 0.647 bits per heavy atom. The van der Waals surface area contributed by atoms with Crippen LogP contribution < -0.4 is 33.6 Å². The molecule has 0 aliphatic rings. The van der Waals surface area contributed by atoms with Crippen LogP contribution in [0.4, 0.5) is 0 Å². The molecule has 0 aromatic heterocycles. The zero-order valence-electron chi connectivity index (χ0n) is 18.9. The first kappa shape index (κ1) is 25.5. The van der Waals surface area contributed by atoms with Crippen LogP contribution in [0.15, 0.2) is 68.9 Å². The van der Waals surface area contributed by atoms with Gasteiger partial charge >= 0.3 is 0 Å². The molecule has 0 heterocycles. The van der Waals surface area contributed by atoms with Crippen molar-refractivity contribution in [2.45, 2.75) is 13.8 Å². The second kappa shape index (κ2) is 12.3. The Kier molecular flexibility index (Phi) is 9.26. The van der Waals surface area contributed by atoms with Gasteiger partial charge in [0.05, 0.1) is 11.4 Å². The molecule has 178 valence electrons. The maximum atomic E-state index is 12.5. The van der Waals surface area contributed by atoms with Crippen LogP contribution in [-0.2, 0) is 0 Å². The Balaban J connectivity index is 1.92. The molecule has 0 saturated carbocycles. The first-order valence-corrected chi connectivity index (χ1v) is 10.2. The number of guanidine groups is 2. The quantitative estimate of drug-likeness (QED) is 0.128. The molecule has 2 aromatic carbocycles. The van der Waals surface area contributed by atoms with E-state index in [9.17, 15) is 9.59 Å². The Labute approximate surface area is 196 Å². The highest BCUT2D eigenvalue weighted by atomic mass is 16.2. The van der Waals surface area contributed by atoms with E-state index in [1.807, 2.05) is 0 Å². The largest absolute Gasteiger partial charge is 0.369 e. The molecular weight excluding hydrogens is 436 g/mol. The van der Waals surface area contributed by atoms with Crippen molar-refractivity contribution in [3.8, 4) is 0 Å². The number of nitrogens with one attached hydrogen (secondary N) is 2. The highest BCUT2D eigenvalue weighted by Crippen LogP contribution is 2.08. The molecule has 0 fully saturated rings. The van der Waals surface area contributed by atoms with E-state index in [-0.39, 0.29) is 36.8 Å². The summed E-state index contributed by atoms with van der Waals surface area (Å²) in [6, 6.07) is 13.7. The zero-order valence-corrected chi connectivity index (χ0v) is 18.9. The summed E-state index contributed by atoms with van der Waals surface area (Å²) in [4.78, 5) is 24.9. The first-order chi connectivity index (χ1) is 16.2. The molecule has 12 heteroatoms. The van der Waals surface area contributed by atoms with Gasteiger partial charge in [-0.25, -0.2) is 0 Å². The molecule has 0 spiro atoms. The Bertz CT molecular complexity index is 1070. The number of carbonyl (C=O) groups is 2. The fourth-order valence-corrected chi connectivity index (χ4v) is 2.71. The van der Waals surface area contributed by atoms with Crippen molar-refractivity contribution in [1.82, 2.24) is 10.6 Å². The van der Waals surface area contributed by atoms with Gasteiger partial charge in [-0.05, 0) is 49.2 Å². The van der Waals surface area contributed by atoms with Crippen LogP contribution in [0.25, 0.3) is 0 Å². The number of hydrogen-bond acceptors (Lipinski definition) is 6. The Morgan fingerprint density at radius 3 is 1.35 bits per heavy atom. The highest BCUT2D eigenvalue weighted by molar-refractivity contribution is 6.03. The summed E-state index contributed by atoms with van der Waals surface area (Å²) >= 11 is 0. The molecule has 0 atom stereocenters. The third-order valence-electron chi connectivity index (χ3n) is 4.41. The lowest BCUT2D eigenvalue weighted by molar-refractivity contribution is 0.0927. The molecule has 0 bridgehead atoms. The Morgan fingerprint density at radius 2 is 1.00 bits per heavy atom. The Hall–Kier alpha value is -4.74. The van der Waals surface area contributed by atoms with Crippen molar-refractivity contribution >= 4 is 35.2 Å². The van der Waals surface area contributed by atoms with Crippen LogP contribution >= 0.6 is 0 Å². The number of benzene rings is 2. The van der Waals surface area contributed by atoms with Gasteiger partial charge < -0.3 is 33.6 Å². The SMILES string of the molecule is CC(=NN=C(N)N)c1cccc(C(=O)NCCNC(=O)c2cccc(C(C)=NN=C(N)N)c2)c1. The van der Waals surface area contributed by atoms with E-state index >= 15 is 0 Å². The molecule has 34 heavy (non-hydrogen) atoms. The van der Waals surface area contributed by atoms with E-state index in [4.69, 9.17) is 22.9 Å². The lowest BCUT2D eigenvalue weighted by atomic mass is 10.1. The summed E-state index contributed by atoms with van der Waals surface area (Å²) in [6.45, 7) is 3.92. The summed E-state index contributed by atoms with van der Waals surface area (Å²) < 4.78 is 0. The molecule has 0 aliphatic heterocycles. The molecule has 12 nitrogen and oxygen atoms in total. The standard InChI is InChI=1S/C22H28N10O2/c1-13(29-31-21(23)24)15-5-3-7-17(11-15)19(33)27-9-10-28-20(34)18-8-4-6-16(12-18)14(2)30-32-22(25)26/h3-8,11-12H,9-10H2,1-2H3,(H,27,33)(H,28,34)(H4,23,24,31)(H4,25,26,32). The summed E-state index contributed by atoms with van der Waals surface area (Å²) in [5.74, 6) is -0.897. The van der Waals surface area contributed by atoms with Gasteiger partial charge in [-0.15, -0.1) is 10.2 Å². The second-order valence-corrected chi connectivity index (χ2v) is 7.09. The van der Waals surface area contributed by atoms with E-state index in [1.165, 1.54) is 0 Å². The molecule has 2 amide bonds. The fourth-order valence-electron chi connectivity index (χ4n) is 2.71. The smallest absolute Gasteiger partial charge is 0.251 e. The van der Waals surface area contributed by atoms with Crippen molar-refractivity contribution in [3.63, 3.8) is 0 Å². The number of hydrogen-bond donors (Lipinski definition) is 6. The van der Waals surface area contributed by atoms with Crippen LogP contribution in [0, 0.1) is 0 Å². The molecule has 0 unspecified atom stereocenters. The predicted molar refractivity (Wildman–Crippen MR) is 134 cm³/mol. The zero-order chi connectivity index (χ0) is 25.1. The number of rotatable bonds is 9. The van der Waals surface area contributed by atoms with Gasteiger partial charge in [0.2, 0.25) is 11.9 Å². The summed E-state index contributed by atoms with van der Waals surface area (Å²) in [7, 11) is 0. The van der Waals surface area contributed by atoms with Crippen molar-refractivity contribution in [1.29, 1.82) is 0 Å². The average Bonchev–Trinajstić information content (AvgIpc) is 2.83. The van der Waals surface area contributed by atoms with Crippen molar-refractivity contribution in [3.05, 3.63) is 70.8 Å². The number of carbonyl (C=O) groups excluding carboxylic acids is 2. The van der Waals surface area contributed by atoms with Gasteiger partial charge in [-0.3, -0.25) is 9.59 Å². The minimum Gasteiger partial charge on any atom is -0.369 e. The van der Waals surface area contributed by atoms with Crippen molar-refractivity contribution < 1.29 is 9.59 Å². The molecule has 0 aliphatic carbocycles. The van der Waals surface area contributed by atoms with Crippen LogP contribution in [0.3, 0.4) is 0 Å². The van der Waals surface area contributed by atoms with E-state index in [2.05, 4.69) is 31.0 Å². The van der Waals surface area contributed by atoms with E-state index in [0.717, 1.165) is 0 Å². The van der Waals surface area contributed by atoms with E-state index in [1.54, 1.807) is 62.4 Å². The lowest BCUT2D eigenvalue weighted by Crippen LogP contribution is -2.34. The number of amides is 2. The van der Waals surface area contributed by atoms with Crippen molar-refractivity contribution in [2.75, 3.05) is 13.1 Å². The maximum Gasteiger partial charge on any atom is 0.251 e. The number of nitrogens with zero attached hydrogens (tertiary/aromatic N) is 4. The molecule has 0 saturated heterocycles. The molecule has 0 radical (unpaired) electrons. The van der Waals surface area contributed by atoms with E-state index < -0.39 is 0 Å². The maximum absolute atomic E-state index is 12.5. The summed E-state index contributed by atoms with van der Waals surface area (Å²) in [5, 5.41) is 20.5. The predicted octanol–water partition coefficient (Wildman–Crippen LogP) is -0.159. The highest BCUT2D eigenvalue weighted by Gasteiger charge is 2.09. The normalized spacial score (nSPS) is 11.4. The third kappa shape index (κ3) is 8.07. The average molecular weight is 465 g/mol. The van der Waals surface area contributed by atoms with Crippen molar-refractivity contribution in [2.24, 2.45) is 43.3 Å². The van der Waals surface area contributed by atoms with Gasteiger partial charge in [-0.2, -0.15) is 10.2 Å². The first-order valence-electron chi connectivity index (χ1n) is 10.2. The third-order valence-corrected chi connectivity index (χ3v) is 4.41. The molecule has 2 rings (SSSR count). The van der Waals surface area contributed by atoms with Crippen LogP contribution in [0.2, 0.25) is 0 Å². The fraction of sp³-hybridized carbons (Fsp3) is 0.182. The molecule has 10 N–H and O–H groups in total. The minimum atomic E-state index is -0.292. The van der Waals surface area contributed by atoms with Gasteiger partial charge in [0.15, 0.2) is 0 Å². The molecular formula is C22H28N10O2. The van der Waals surface area contributed by atoms with Crippen LogP contribution in [0.1, 0.15) is 45.7 Å². The number of nitrogens with two attached hydrogens (primary N) is 4. The summed E-state index contributed by atoms with van der Waals surface area (Å²) in [5.41, 5.74) is 24.5. The van der Waals surface area contributed by atoms with E-state index in [0.29, 0.717) is 33.7 Å². The monoisotopic (exact) mass is 464 g/mol. The molecule has 2 aromatic rings. The second-order valence-electron chi connectivity index (χ2n) is 7.09. The van der Waals surface area contributed by atoms with Gasteiger partial charge in [-0.1, -0.05) is 24.3 Å². The lowest BCUT2D eigenvalue weighted by Gasteiger charge is -2.09. The van der Waals surface area contributed by atoms with Crippen LogP contribution in [0.5, 0.6) is 0 Å². The van der Waals surface area contributed by atoms with Gasteiger partial charge in [0.25, 0.3) is 11.8 Å².